The zero-order valence-corrected chi connectivity index (χ0v) is 14.5. The first-order valence-electron chi connectivity index (χ1n) is 7.79. The van der Waals surface area contributed by atoms with Crippen molar-refractivity contribution in [3.05, 3.63) is 48.0 Å². The van der Waals surface area contributed by atoms with E-state index in [1.54, 1.807) is 56.7 Å². The first kappa shape index (κ1) is 17.7. The second-order valence-electron chi connectivity index (χ2n) is 5.78. The number of amides is 1. The summed E-state index contributed by atoms with van der Waals surface area (Å²) in [5, 5.41) is 2.84. The van der Waals surface area contributed by atoms with Crippen molar-refractivity contribution in [2.45, 2.75) is 13.8 Å². The molecular weight excluding hydrogens is 306 g/mol. The summed E-state index contributed by atoms with van der Waals surface area (Å²) in [7, 11) is 3.13. The molecule has 0 aromatic heterocycles. The molecule has 0 saturated carbocycles. The lowest BCUT2D eigenvalue weighted by Gasteiger charge is -2.11. The Balaban J connectivity index is 2.06. The summed E-state index contributed by atoms with van der Waals surface area (Å²) >= 11 is 0. The largest absolute Gasteiger partial charge is 0.497 e. The predicted molar refractivity (Wildman–Crippen MR) is 94.3 cm³/mol. The van der Waals surface area contributed by atoms with E-state index in [0.29, 0.717) is 35.3 Å². The van der Waals surface area contributed by atoms with Crippen molar-refractivity contribution in [1.82, 2.24) is 0 Å². The van der Waals surface area contributed by atoms with Gasteiger partial charge in [0.1, 0.15) is 17.2 Å². The van der Waals surface area contributed by atoms with Crippen LogP contribution in [-0.4, -0.2) is 26.7 Å². The molecule has 0 aliphatic carbocycles. The molecule has 0 aliphatic rings. The number of hydrogen-bond acceptors (Lipinski definition) is 4. The minimum atomic E-state index is -0.208. The Morgan fingerprint density at radius 1 is 0.958 bits per heavy atom. The van der Waals surface area contributed by atoms with Gasteiger partial charge in [0.15, 0.2) is 0 Å². The van der Waals surface area contributed by atoms with Crippen LogP contribution >= 0.6 is 0 Å². The van der Waals surface area contributed by atoms with Gasteiger partial charge in [0, 0.05) is 29.4 Å². The standard InChI is InChI=1S/C19H23NO4/c1-13(2)12-24-16-7-5-14(6-8-16)19(21)20-15-9-17(22-3)11-18(10-15)23-4/h5-11,13H,12H2,1-4H3,(H,20,21). The van der Waals surface area contributed by atoms with Gasteiger partial charge in [-0.2, -0.15) is 0 Å². The van der Waals surface area contributed by atoms with Crippen LogP contribution in [-0.2, 0) is 0 Å². The van der Waals surface area contributed by atoms with Gasteiger partial charge in [0.05, 0.1) is 20.8 Å². The van der Waals surface area contributed by atoms with Crippen LogP contribution in [0.3, 0.4) is 0 Å². The van der Waals surface area contributed by atoms with Gasteiger partial charge in [-0.1, -0.05) is 13.8 Å². The highest BCUT2D eigenvalue weighted by molar-refractivity contribution is 6.04. The van der Waals surface area contributed by atoms with Crippen LogP contribution in [0.2, 0.25) is 0 Å². The molecular formula is C19H23NO4. The van der Waals surface area contributed by atoms with Crippen molar-refractivity contribution in [3.8, 4) is 17.2 Å². The molecule has 2 aromatic rings. The molecule has 0 spiro atoms. The van der Waals surface area contributed by atoms with Gasteiger partial charge >= 0.3 is 0 Å². The van der Waals surface area contributed by atoms with E-state index in [1.165, 1.54) is 0 Å². The van der Waals surface area contributed by atoms with Crippen molar-refractivity contribution < 1.29 is 19.0 Å². The molecule has 0 unspecified atom stereocenters. The molecule has 0 fully saturated rings. The second-order valence-corrected chi connectivity index (χ2v) is 5.78. The van der Waals surface area contributed by atoms with Gasteiger partial charge < -0.3 is 19.5 Å². The number of methoxy groups -OCH3 is 2. The van der Waals surface area contributed by atoms with Crippen molar-refractivity contribution in [2.75, 3.05) is 26.1 Å². The number of hydrogen-bond donors (Lipinski definition) is 1. The minimum Gasteiger partial charge on any atom is -0.497 e. The van der Waals surface area contributed by atoms with Crippen molar-refractivity contribution >= 4 is 11.6 Å². The molecule has 0 saturated heterocycles. The number of carbonyl (C=O) groups is 1. The molecule has 5 heteroatoms. The summed E-state index contributed by atoms with van der Waals surface area (Å²) in [5.74, 6) is 2.23. The van der Waals surface area contributed by atoms with Crippen molar-refractivity contribution in [1.29, 1.82) is 0 Å². The topological polar surface area (TPSA) is 56.8 Å². The van der Waals surface area contributed by atoms with Gasteiger partial charge in [-0.15, -0.1) is 0 Å². The summed E-state index contributed by atoms with van der Waals surface area (Å²) in [4.78, 5) is 12.4. The number of carbonyl (C=O) groups excluding carboxylic acids is 1. The van der Waals surface area contributed by atoms with Crippen LogP contribution in [0.4, 0.5) is 5.69 Å². The van der Waals surface area contributed by atoms with Gasteiger partial charge in [-0.25, -0.2) is 0 Å². The number of rotatable bonds is 7. The fraction of sp³-hybridized carbons (Fsp3) is 0.316. The third-order valence-corrected chi connectivity index (χ3v) is 3.31. The van der Waals surface area contributed by atoms with E-state index in [4.69, 9.17) is 14.2 Å². The maximum absolute atomic E-state index is 12.4. The Morgan fingerprint density at radius 3 is 2.04 bits per heavy atom. The minimum absolute atomic E-state index is 0.208. The van der Waals surface area contributed by atoms with Crippen LogP contribution in [0.5, 0.6) is 17.2 Å². The molecule has 0 bridgehead atoms. The van der Waals surface area contributed by atoms with Crippen LogP contribution in [0.25, 0.3) is 0 Å². The molecule has 0 radical (unpaired) electrons. The number of anilines is 1. The van der Waals surface area contributed by atoms with E-state index in [2.05, 4.69) is 19.2 Å². The van der Waals surface area contributed by atoms with Gasteiger partial charge in [-0.05, 0) is 30.2 Å². The zero-order valence-electron chi connectivity index (χ0n) is 14.5. The van der Waals surface area contributed by atoms with Gasteiger partial charge in [0.25, 0.3) is 5.91 Å². The first-order valence-corrected chi connectivity index (χ1v) is 7.79. The average Bonchev–Trinajstić information content (AvgIpc) is 2.59. The van der Waals surface area contributed by atoms with E-state index >= 15 is 0 Å². The summed E-state index contributed by atoms with van der Waals surface area (Å²) < 4.78 is 16.0. The number of nitrogens with one attached hydrogen (secondary N) is 1. The average molecular weight is 329 g/mol. The maximum atomic E-state index is 12.4. The number of benzene rings is 2. The van der Waals surface area contributed by atoms with Crippen LogP contribution in [0.15, 0.2) is 42.5 Å². The smallest absolute Gasteiger partial charge is 0.255 e. The predicted octanol–water partition coefficient (Wildman–Crippen LogP) is 3.99. The Morgan fingerprint density at radius 2 is 1.54 bits per heavy atom. The van der Waals surface area contributed by atoms with Crippen LogP contribution < -0.4 is 19.5 Å². The third-order valence-electron chi connectivity index (χ3n) is 3.31. The SMILES string of the molecule is COc1cc(NC(=O)c2ccc(OCC(C)C)cc2)cc(OC)c1. The summed E-state index contributed by atoms with van der Waals surface area (Å²) in [5.41, 5.74) is 1.16. The van der Waals surface area contributed by atoms with E-state index in [-0.39, 0.29) is 5.91 Å². The fourth-order valence-electron chi connectivity index (χ4n) is 2.05. The summed E-state index contributed by atoms with van der Waals surface area (Å²) in [6.07, 6.45) is 0. The van der Waals surface area contributed by atoms with Crippen molar-refractivity contribution in [3.63, 3.8) is 0 Å². The Kier molecular flexibility index (Phi) is 6.07. The molecule has 0 aliphatic heterocycles. The fourth-order valence-corrected chi connectivity index (χ4v) is 2.05. The normalized spacial score (nSPS) is 10.4. The van der Waals surface area contributed by atoms with E-state index in [0.717, 1.165) is 5.75 Å². The van der Waals surface area contributed by atoms with E-state index < -0.39 is 0 Å². The molecule has 128 valence electrons. The Hall–Kier alpha value is -2.69. The molecule has 5 nitrogen and oxygen atoms in total. The molecule has 1 amide bonds. The highest BCUT2D eigenvalue weighted by Gasteiger charge is 2.09. The highest BCUT2D eigenvalue weighted by atomic mass is 16.5. The molecule has 0 heterocycles. The van der Waals surface area contributed by atoms with Crippen molar-refractivity contribution in [2.24, 2.45) is 5.92 Å². The summed E-state index contributed by atoms with van der Waals surface area (Å²) in [6, 6.07) is 12.3. The number of ether oxygens (including phenoxy) is 3. The van der Waals surface area contributed by atoms with Gasteiger partial charge in [0.2, 0.25) is 0 Å². The quantitative estimate of drug-likeness (QED) is 0.834. The molecule has 2 aromatic carbocycles. The Labute approximate surface area is 142 Å². The highest BCUT2D eigenvalue weighted by Crippen LogP contribution is 2.26. The molecule has 24 heavy (non-hydrogen) atoms. The van der Waals surface area contributed by atoms with E-state index in [9.17, 15) is 4.79 Å². The second kappa shape index (κ2) is 8.24. The van der Waals surface area contributed by atoms with E-state index in [1.807, 2.05) is 0 Å². The molecule has 2 rings (SSSR count). The monoisotopic (exact) mass is 329 g/mol. The zero-order chi connectivity index (χ0) is 17.5. The van der Waals surface area contributed by atoms with Crippen LogP contribution in [0.1, 0.15) is 24.2 Å². The Bertz CT molecular complexity index is 658. The lowest BCUT2D eigenvalue weighted by molar-refractivity contribution is 0.102. The maximum Gasteiger partial charge on any atom is 0.255 e. The third kappa shape index (κ3) is 4.91. The van der Waals surface area contributed by atoms with Gasteiger partial charge in [-0.3, -0.25) is 4.79 Å². The molecule has 1 N–H and O–H groups in total. The van der Waals surface area contributed by atoms with Crippen LogP contribution in [0, 0.1) is 5.92 Å². The molecule has 0 atom stereocenters. The lowest BCUT2D eigenvalue weighted by atomic mass is 10.2. The lowest BCUT2D eigenvalue weighted by Crippen LogP contribution is -2.12. The summed E-state index contributed by atoms with van der Waals surface area (Å²) in [6.45, 7) is 4.82. The first-order chi connectivity index (χ1) is 11.5.